The molecule has 0 heterocycles. The van der Waals surface area contributed by atoms with Crippen molar-refractivity contribution in [2.24, 2.45) is 5.92 Å². The summed E-state index contributed by atoms with van der Waals surface area (Å²) in [5, 5.41) is 21.4. The highest BCUT2D eigenvalue weighted by molar-refractivity contribution is 5.69. The van der Waals surface area contributed by atoms with E-state index in [1.54, 1.807) is 0 Å². The molecule has 0 fully saturated rings. The van der Waals surface area contributed by atoms with E-state index >= 15 is 0 Å². The Labute approximate surface area is 139 Å². The van der Waals surface area contributed by atoms with E-state index in [9.17, 15) is 37.0 Å². The summed E-state index contributed by atoms with van der Waals surface area (Å²) < 4.78 is 63.7. The minimum Gasteiger partial charge on any atom is -0.550 e. The second-order valence-electron chi connectivity index (χ2n) is 5.44. The SMILES string of the molecule is O=C([O-])C(Cc1ccc(C(F)(F)F)cc1)C(O)c1ccc(F)c(F)c1. The number of rotatable bonds is 5. The van der Waals surface area contributed by atoms with Crippen molar-refractivity contribution in [3.8, 4) is 0 Å². The second-order valence-corrected chi connectivity index (χ2v) is 5.44. The molecule has 2 rings (SSSR count). The van der Waals surface area contributed by atoms with Crippen molar-refractivity contribution in [1.82, 2.24) is 0 Å². The summed E-state index contributed by atoms with van der Waals surface area (Å²) in [5.41, 5.74) is -0.869. The summed E-state index contributed by atoms with van der Waals surface area (Å²) in [4.78, 5) is 11.3. The van der Waals surface area contributed by atoms with Gasteiger partial charge < -0.3 is 15.0 Å². The molecule has 0 saturated carbocycles. The maximum absolute atomic E-state index is 13.2. The quantitative estimate of drug-likeness (QED) is 0.835. The van der Waals surface area contributed by atoms with Crippen molar-refractivity contribution >= 4 is 5.97 Å². The fourth-order valence-corrected chi connectivity index (χ4v) is 2.34. The lowest BCUT2D eigenvalue weighted by Crippen LogP contribution is -2.36. The molecule has 0 amide bonds. The summed E-state index contributed by atoms with van der Waals surface area (Å²) in [6, 6.07) is 6.14. The standard InChI is InChI=1S/C17H13F5O3/c18-13-6-3-10(8-14(13)19)15(23)12(16(24)25)7-9-1-4-11(5-2-9)17(20,21)22/h1-6,8,12,15,23H,7H2,(H,24,25)/p-1. The van der Waals surface area contributed by atoms with Crippen LogP contribution >= 0.6 is 0 Å². The summed E-state index contributed by atoms with van der Waals surface area (Å²) in [5.74, 6) is -5.65. The second kappa shape index (κ2) is 7.18. The number of hydrogen-bond acceptors (Lipinski definition) is 3. The average Bonchev–Trinajstić information content (AvgIpc) is 2.54. The third-order valence-corrected chi connectivity index (χ3v) is 3.71. The lowest BCUT2D eigenvalue weighted by molar-refractivity contribution is -0.314. The Bertz CT molecular complexity index is 756. The molecule has 25 heavy (non-hydrogen) atoms. The zero-order valence-corrected chi connectivity index (χ0v) is 12.6. The molecule has 0 aliphatic carbocycles. The van der Waals surface area contributed by atoms with Crippen molar-refractivity contribution in [1.29, 1.82) is 0 Å². The molecule has 2 aromatic rings. The van der Waals surface area contributed by atoms with Gasteiger partial charge in [-0.25, -0.2) is 8.78 Å². The Morgan fingerprint density at radius 1 is 1.04 bits per heavy atom. The molecular weight excluding hydrogens is 347 g/mol. The van der Waals surface area contributed by atoms with Crippen LogP contribution in [0.4, 0.5) is 22.0 Å². The number of aliphatic hydroxyl groups excluding tert-OH is 1. The number of benzene rings is 2. The van der Waals surface area contributed by atoms with E-state index < -0.39 is 41.4 Å². The van der Waals surface area contributed by atoms with Gasteiger partial charge in [0.15, 0.2) is 11.6 Å². The largest absolute Gasteiger partial charge is 0.550 e. The zero-order valence-electron chi connectivity index (χ0n) is 12.6. The Hall–Kier alpha value is -2.48. The highest BCUT2D eigenvalue weighted by Crippen LogP contribution is 2.30. The van der Waals surface area contributed by atoms with Gasteiger partial charge in [0.25, 0.3) is 0 Å². The van der Waals surface area contributed by atoms with Crippen molar-refractivity contribution in [2.45, 2.75) is 18.7 Å². The zero-order chi connectivity index (χ0) is 18.8. The smallest absolute Gasteiger partial charge is 0.416 e. The first-order valence-corrected chi connectivity index (χ1v) is 7.09. The number of carbonyl (C=O) groups is 1. The molecule has 0 saturated heterocycles. The van der Waals surface area contributed by atoms with Crippen LogP contribution < -0.4 is 5.11 Å². The molecule has 2 aromatic carbocycles. The van der Waals surface area contributed by atoms with Gasteiger partial charge in [0.1, 0.15) is 0 Å². The lowest BCUT2D eigenvalue weighted by Gasteiger charge is -2.24. The number of alkyl halides is 3. The van der Waals surface area contributed by atoms with Gasteiger partial charge in [0, 0.05) is 11.9 Å². The number of aliphatic carboxylic acids is 1. The average molecular weight is 359 g/mol. The van der Waals surface area contributed by atoms with Gasteiger partial charge in [-0.05, 0) is 41.8 Å². The van der Waals surface area contributed by atoms with Gasteiger partial charge in [-0.3, -0.25) is 0 Å². The van der Waals surface area contributed by atoms with Crippen molar-refractivity contribution in [3.63, 3.8) is 0 Å². The first-order valence-electron chi connectivity index (χ1n) is 7.09. The van der Waals surface area contributed by atoms with Gasteiger partial charge in [-0.2, -0.15) is 13.2 Å². The molecule has 2 unspecified atom stereocenters. The minimum atomic E-state index is -4.53. The maximum atomic E-state index is 13.2. The highest BCUT2D eigenvalue weighted by atomic mass is 19.4. The lowest BCUT2D eigenvalue weighted by atomic mass is 9.89. The number of carboxylic acids is 1. The molecule has 2 atom stereocenters. The van der Waals surface area contributed by atoms with Crippen LogP contribution in [0.1, 0.15) is 22.8 Å². The topological polar surface area (TPSA) is 60.4 Å². The summed E-state index contributed by atoms with van der Waals surface area (Å²) in [6.45, 7) is 0. The van der Waals surface area contributed by atoms with Gasteiger partial charge >= 0.3 is 6.18 Å². The van der Waals surface area contributed by atoms with Gasteiger partial charge in [-0.1, -0.05) is 18.2 Å². The fraction of sp³-hybridized carbons (Fsp3) is 0.235. The van der Waals surface area contributed by atoms with E-state index in [4.69, 9.17) is 0 Å². The normalized spacial score (nSPS) is 14.2. The molecule has 8 heteroatoms. The van der Waals surface area contributed by atoms with E-state index in [0.29, 0.717) is 6.07 Å². The van der Waals surface area contributed by atoms with Gasteiger partial charge in [0.05, 0.1) is 11.7 Å². The number of halogens is 5. The number of hydrogen-bond donors (Lipinski definition) is 1. The van der Waals surface area contributed by atoms with E-state index in [0.717, 1.165) is 36.4 Å². The number of carbonyl (C=O) groups excluding carboxylic acids is 1. The van der Waals surface area contributed by atoms with Crippen molar-refractivity contribution in [2.75, 3.05) is 0 Å². The summed E-state index contributed by atoms with van der Waals surface area (Å²) in [6.07, 6.45) is -6.60. The van der Waals surface area contributed by atoms with Crippen LogP contribution in [-0.2, 0) is 17.4 Å². The van der Waals surface area contributed by atoms with Crippen LogP contribution in [0.3, 0.4) is 0 Å². The predicted molar refractivity (Wildman–Crippen MR) is 75.0 cm³/mol. The first kappa shape index (κ1) is 18.9. The Balaban J connectivity index is 2.23. The molecule has 134 valence electrons. The third-order valence-electron chi connectivity index (χ3n) is 3.71. The Morgan fingerprint density at radius 3 is 2.12 bits per heavy atom. The maximum Gasteiger partial charge on any atom is 0.416 e. The molecule has 0 spiro atoms. The minimum absolute atomic E-state index is 0.181. The van der Waals surface area contributed by atoms with Gasteiger partial charge in [0.2, 0.25) is 0 Å². The molecule has 0 aliphatic heterocycles. The van der Waals surface area contributed by atoms with Crippen LogP contribution in [0.25, 0.3) is 0 Å². The van der Waals surface area contributed by atoms with E-state index in [1.807, 2.05) is 0 Å². The number of aliphatic hydroxyl groups is 1. The summed E-state index contributed by atoms with van der Waals surface area (Å²) >= 11 is 0. The molecule has 0 aliphatic rings. The van der Waals surface area contributed by atoms with E-state index in [-0.39, 0.29) is 17.5 Å². The molecule has 0 aromatic heterocycles. The van der Waals surface area contributed by atoms with Crippen LogP contribution in [0.5, 0.6) is 0 Å². The van der Waals surface area contributed by atoms with Crippen molar-refractivity contribution in [3.05, 3.63) is 70.8 Å². The molecular formula is C17H12F5O3-. The first-order chi connectivity index (χ1) is 11.6. The van der Waals surface area contributed by atoms with Crippen LogP contribution in [-0.4, -0.2) is 11.1 Å². The molecule has 0 radical (unpaired) electrons. The third kappa shape index (κ3) is 4.54. The van der Waals surface area contributed by atoms with Crippen LogP contribution in [0, 0.1) is 17.6 Å². The number of carboxylic acid groups (broad SMARTS) is 1. The molecule has 3 nitrogen and oxygen atoms in total. The monoisotopic (exact) mass is 359 g/mol. The van der Waals surface area contributed by atoms with Gasteiger partial charge in [-0.15, -0.1) is 0 Å². The molecule has 0 bridgehead atoms. The van der Waals surface area contributed by atoms with E-state index in [1.165, 1.54) is 0 Å². The predicted octanol–water partition coefficient (Wildman–Crippen LogP) is 2.63. The summed E-state index contributed by atoms with van der Waals surface area (Å²) in [7, 11) is 0. The fourth-order valence-electron chi connectivity index (χ4n) is 2.34. The Morgan fingerprint density at radius 2 is 1.64 bits per heavy atom. The van der Waals surface area contributed by atoms with E-state index in [2.05, 4.69) is 0 Å². The van der Waals surface area contributed by atoms with Crippen LogP contribution in [0.2, 0.25) is 0 Å². The van der Waals surface area contributed by atoms with Crippen LogP contribution in [0.15, 0.2) is 42.5 Å². The molecule has 1 N–H and O–H groups in total. The van der Waals surface area contributed by atoms with Crippen molar-refractivity contribution < 1.29 is 37.0 Å². The Kier molecular flexibility index (Phi) is 5.42. The highest BCUT2D eigenvalue weighted by Gasteiger charge is 2.30.